The first-order chi connectivity index (χ1) is 17.0. The van der Waals surface area contributed by atoms with E-state index in [4.69, 9.17) is 16.3 Å². The van der Waals surface area contributed by atoms with Crippen molar-refractivity contribution in [2.24, 2.45) is 0 Å². The average Bonchev–Trinajstić information content (AvgIpc) is 3.27. The number of amides is 1. The molecule has 35 heavy (non-hydrogen) atoms. The van der Waals surface area contributed by atoms with Crippen molar-refractivity contribution >= 4 is 50.0 Å². The van der Waals surface area contributed by atoms with Crippen LogP contribution in [-0.4, -0.2) is 51.9 Å². The lowest BCUT2D eigenvalue weighted by Gasteiger charge is -2.38. The second-order valence-electron chi connectivity index (χ2n) is 8.37. The molecule has 0 aliphatic carbocycles. The molecule has 4 aromatic rings. The minimum Gasteiger partial charge on any atom is -0.437 e. The van der Waals surface area contributed by atoms with Crippen molar-refractivity contribution < 1.29 is 9.53 Å². The Labute approximate surface area is 212 Å². The van der Waals surface area contributed by atoms with Crippen LogP contribution in [0.15, 0.2) is 54.9 Å². The molecule has 180 valence electrons. The summed E-state index contributed by atoms with van der Waals surface area (Å²) in [6, 6.07) is 15.9. The van der Waals surface area contributed by atoms with Crippen LogP contribution in [0.5, 0.6) is 11.6 Å². The van der Waals surface area contributed by atoms with Crippen LogP contribution in [0, 0.1) is 0 Å². The van der Waals surface area contributed by atoms with E-state index in [1.165, 1.54) is 30.2 Å². The van der Waals surface area contributed by atoms with E-state index < -0.39 is 0 Å². The zero-order chi connectivity index (χ0) is 24.4. The van der Waals surface area contributed by atoms with Gasteiger partial charge in [-0.3, -0.25) is 9.69 Å². The maximum Gasteiger partial charge on any atom is 0.224 e. The summed E-state index contributed by atoms with van der Waals surface area (Å²) in [6.45, 7) is 7.25. The number of fused-ring (bicyclic) bond motifs is 1. The van der Waals surface area contributed by atoms with Crippen molar-refractivity contribution in [3.8, 4) is 11.6 Å². The largest absolute Gasteiger partial charge is 0.437 e. The molecule has 1 aliphatic rings. The minimum atomic E-state index is -0.158. The number of benzene rings is 2. The second-order valence-corrected chi connectivity index (χ2v) is 9.84. The van der Waals surface area contributed by atoms with Gasteiger partial charge in [0.15, 0.2) is 10.9 Å². The molecule has 1 atom stereocenters. The number of halogens is 1. The number of hydrogen-bond donors (Lipinski definition) is 1. The van der Waals surface area contributed by atoms with Gasteiger partial charge in [-0.1, -0.05) is 41.1 Å². The first kappa shape index (κ1) is 23.5. The number of para-hydroxylation sites is 1. The lowest BCUT2D eigenvalue weighted by Crippen LogP contribution is -2.47. The zero-order valence-corrected chi connectivity index (χ0v) is 21.0. The van der Waals surface area contributed by atoms with E-state index in [1.807, 2.05) is 36.4 Å². The maximum atomic E-state index is 11.4. The molecule has 1 amide bonds. The van der Waals surface area contributed by atoms with E-state index in [0.29, 0.717) is 28.3 Å². The highest BCUT2D eigenvalue weighted by Crippen LogP contribution is 2.35. The molecule has 2 aromatic carbocycles. The van der Waals surface area contributed by atoms with Gasteiger partial charge < -0.3 is 15.0 Å². The van der Waals surface area contributed by atoms with Crippen LogP contribution in [-0.2, 0) is 4.79 Å². The highest BCUT2D eigenvalue weighted by molar-refractivity contribution is 7.22. The quantitative estimate of drug-likeness (QED) is 0.374. The van der Waals surface area contributed by atoms with Gasteiger partial charge in [0.25, 0.3) is 0 Å². The summed E-state index contributed by atoms with van der Waals surface area (Å²) >= 11 is 7.44. The van der Waals surface area contributed by atoms with Gasteiger partial charge in [-0.15, -0.1) is 0 Å². The summed E-state index contributed by atoms with van der Waals surface area (Å²) in [6.07, 6.45) is 1.53. The molecular formula is C25H25ClN6O2S. The Balaban J connectivity index is 1.27. The summed E-state index contributed by atoms with van der Waals surface area (Å²) in [5.41, 5.74) is 1.95. The standard InChI is InChI=1S/C25H25ClN6O2S/c1-16(18-6-8-19(26)9-7-18)31-10-12-32(13-11-31)22-14-23(28-15-27-22)34-20-4-3-5-21-24(20)30-25(35-21)29-17(2)33/h3-9,14-16H,10-13H2,1-2H3,(H,29,30,33)/t16-/m1/s1. The fourth-order valence-corrected chi connectivity index (χ4v) is 5.23. The van der Waals surface area contributed by atoms with Crippen LogP contribution in [0.2, 0.25) is 5.02 Å². The summed E-state index contributed by atoms with van der Waals surface area (Å²) in [4.78, 5) is 29.4. The Morgan fingerprint density at radius 1 is 1.11 bits per heavy atom. The van der Waals surface area contributed by atoms with Gasteiger partial charge in [0.1, 0.15) is 17.7 Å². The minimum absolute atomic E-state index is 0.158. The molecule has 10 heteroatoms. The number of nitrogens with one attached hydrogen (secondary N) is 1. The Morgan fingerprint density at radius 2 is 1.89 bits per heavy atom. The zero-order valence-electron chi connectivity index (χ0n) is 19.4. The third-order valence-corrected chi connectivity index (χ3v) is 7.23. The van der Waals surface area contributed by atoms with Crippen molar-refractivity contribution in [1.29, 1.82) is 0 Å². The molecule has 0 saturated carbocycles. The summed E-state index contributed by atoms with van der Waals surface area (Å²) in [5, 5.41) is 4.03. The van der Waals surface area contributed by atoms with Gasteiger partial charge in [-0.25, -0.2) is 15.0 Å². The monoisotopic (exact) mass is 508 g/mol. The van der Waals surface area contributed by atoms with E-state index in [-0.39, 0.29) is 5.91 Å². The summed E-state index contributed by atoms with van der Waals surface area (Å²) < 4.78 is 7.02. The van der Waals surface area contributed by atoms with Crippen molar-refractivity contribution in [1.82, 2.24) is 19.9 Å². The van der Waals surface area contributed by atoms with Crippen LogP contribution in [0.4, 0.5) is 10.9 Å². The molecule has 8 nitrogen and oxygen atoms in total. The molecule has 2 aromatic heterocycles. The van der Waals surface area contributed by atoms with Crippen LogP contribution in [0.1, 0.15) is 25.5 Å². The third-order valence-electron chi connectivity index (χ3n) is 6.05. The van der Waals surface area contributed by atoms with Gasteiger partial charge >= 0.3 is 0 Å². The molecule has 1 aliphatic heterocycles. The second kappa shape index (κ2) is 10.2. The number of aromatic nitrogens is 3. The number of piperazine rings is 1. The molecule has 3 heterocycles. The normalized spacial score (nSPS) is 15.2. The Morgan fingerprint density at radius 3 is 2.63 bits per heavy atom. The number of hydrogen-bond acceptors (Lipinski definition) is 8. The highest BCUT2D eigenvalue weighted by atomic mass is 35.5. The number of ether oxygens (including phenoxy) is 1. The van der Waals surface area contributed by atoms with Gasteiger partial charge in [0.05, 0.1) is 4.70 Å². The van der Waals surface area contributed by atoms with Gasteiger partial charge in [0.2, 0.25) is 11.8 Å². The van der Waals surface area contributed by atoms with E-state index in [9.17, 15) is 4.79 Å². The molecule has 1 N–H and O–H groups in total. The first-order valence-corrected chi connectivity index (χ1v) is 12.6. The van der Waals surface area contributed by atoms with Crippen molar-refractivity contribution in [3.63, 3.8) is 0 Å². The van der Waals surface area contributed by atoms with Crippen molar-refractivity contribution in [2.75, 3.05) is 36.4 Å². The highest BCUT2D eigenvalue weighted by Gasteiger charge is 2.23. The molecule has 1 fully saturated rings. The topological polar surface area (TPSA) is 83.5 Å². The van der Waals surface area contributed by atoms with Crippen molar-refractivity contribution in [3.05, 3.63) is 65.4 Å². The average molecular weight is 509 g/mol. The Kier molecular flexibility index (Phi) is 6.81. The Hall–Kier alpha value is -3.27. The van der Waals surface area contributed by atoms with Crippen molar-refractivity contribution in [2.45, 2.75) is 19.9 Å². The van der Waals surface area contributed by atoms with E-state index in [2.05, 4.69) is 49.1 Å². The molecule has 0 radical (unpaired) electrons. The van der Waals surface area contributed by atoms with Crippen LogP contribution >= 0.6 is 22.9 Å². The number of carbonyl (C=O) groups is 1. The lowest BCUT2D eigenvalue weighted by atomic mass is 10.1. The molecule has 1 saturated heterocycles. The van der Waals surface area contributed by atoms with Gasteiger partial charge in [-0.2, -0.15) is 0 Å². The number of anilines is 2. The van der Waals surface area contributed by atoms with Crippen LogP contribution in [0.3, 0.4) is 0 Å². The van der Waals surface area contributed by atoms with E-state index in [0.717, 1.165) is 41.7 Å². The number of carbonyl (C=O) groups excluding carboxylic acids is 1. The smallest absolute Gasteiger partial charge is 0.224 e. The predicted octanol–water partition coefficient (Wildman–Crippen LogP) is 5.37. The summed E-state index contributed by atoms with van der Waals surface area (Å²) in [7, 11) is 0. The number of thiazole rings is 1. The molecule has 0 unspecified atom stereocenters. The van der Waals surface area contributed by atoms with Gasteiger partial charge in [0, 0.05) is 50.2 Å². The molecule has 5 rings (SSSR count). The number of rotatable bonds is 6. The fourth-order valence-electron chi connectivity index (χ4n) is 4.17. The van der Waals surface area contributed by atoms with Crippen LogP contribution < -0.4 is 15.0 Å². The fraction of sp³-hybridized carbons (Fsp3) is 0.280. The molecule has 0 spiro atoms. The molecular weight excluding hydrogens is 484 g/mol. The summed E-state index contributed by atoms with van der Waals surface area (Å²) in [5.74, 6) is 1.71. The predicted molar refractivity (Wildman–Crippen MR) is 140 cm³/mol. The maximum absolute atomic E-state index is 11.4. The number of nitrogens with zero attached hydrogens (tertiary/aromatic N) is 5. The SMILES string of the molecule is CC(=O)Nc1nc2c(Oc3cc(N4CCN([C@H](C)c5ccc(Cl)cc5)CC4)ncn3)cccc2s1. The van der Waals surface area contributed by atoms with Gasteiger partial charge in [-0.05, 0) is 36.8 Å². The van der Waals surface area contributed by atoms with Crippen LogP contribution in [0.25, 0.3) is 10.2 Å². The molecule has 0 bridgehead atoms. The first-order valence-electron chi connectivity index (χ1n) is 11.4. The third kappa shape index (κ3) is 5.37. The lowest BCUT2D eigenvalue weighted by molar-refractivity contribution is -0.114. The van der Waals surface area contributed by atoms with E-state index in [1.54, 1.807) is 0 Å². The van der Waals surface area contributed by atoms with E-state index >= 15 is 0 Å². The Bertz CT molecular complexity index is 1340.